The SMILES string of the molecule is Cc1cc(Br)ccc1NC(=O)c1ccc(Oc2nccs2)cc1. The van der Waals surface area contributed by atoms with Crippen molar-refractivity contribution < 1.29 is 9.53 Å². The Morgan fingerprint density at radius 3 is 2.65 bits per heavy atom. The molecule has 1 aromatic heterocycles. The number of nitrogens with zero attached hydrogens (tertiary/aromatic N) is 1. The Morgan fingerprint density at radius 2 is 2.00 bits per heavy atom. The molecule has 1 heterocycles. The topological polar surface area (TPSA) is 51.2 Å². The summed E-state index contributed by atoms with van der Waals surface area (Å²) in [7, 11) is 0. The molecular weight excluding hydrogens is 376 g/mol. The fraction of sp³-hybridized carbons (Fsp3) is 0.0588. The third-order valence-electron chi connectivity index (χ3n) is 3.17. The lowest BCUT2D eigenvalue weighted by molar-refractivity contribution is 0.102. The maximum absolute atomic E-state index is 12.3. The predicted octanol–water partition coefficient (Wildman–Crippen LogP) is 5.26. The van der Waals surface area contributed by atoms with Crippen LogP contribution in [0, 0.1) is 6.92 Å². The van der Waals surface area contributed by atoms with Gasteiger partial charge in [0.25, 0.3) is 11.1 Å². The largest absolute Gasteiger partial charge is 0.431 e. The van der Waals surface area contributed by atoms with Crippen molar-refractivity contribution in [1.82, 2.24) is 4.98 Å². The number of aryl methyl sites for hydroxylation is 1. The molecule has 1 amide bonds. The zero-order valence-corrected chi connectivity index (χ0v) is 14.6. The van der Waals surface area contributed by atoms with E-state index in [1.54, 1.807) is 30.5 Å². The molecule has 0 aliphatic heterocycles. The number of thiazole rings is 1. The molecule has 2 aromatic carbocycles. The summed E-state index contributed by atoms with van der Waals surface area (Å²) in [6.07, 6.45) is 1.68. The second kappa shape index (κ2) is 6.93. The molecule has 0 radical (unpaired) electrons. The van der Waals surface area contributed by atoms with Crippen LogP contribution in [0.15, 0.2) is 58.5 Å². The van der Waals surface area contributed by atoms with Gasteiger partial charge in [0.15, 0.2) is 0 Å². The van der Waals surface area contributed by atoms with Crippen LogP contribution in [0.2, 0.25) is 0 Å². The molecule has 0 saturated heterocycles. The highest BCUT2D eigenvalue weighted by Crippen LogP contribution is 2.24. The normalized spacial score (nSPS) is 10.3. The van der Waals surface area contributed by atoms with Crippen LogP contribution in [-0.2, 0) is 0 Å². The van der Waals surface area contributed by atoms with Gasteiger partial charge in [-0.2, -0.15) is 0 Å². The molecule has 0 aliphatic rings. The number of carbonyl (C=O) groups excluding carboxylic acids is 1. The third kappa shape index (κ3) is 3.97. The number of rotatable bonds is 4. The van der Waals surface area contributed by atoms with Crippen molar-refractivity contribution in [2.45, 2.75) is 6.92 Å². The Labute approximate surface area is 146 Å². The maximum Gasteiger partial charge on any atom is 0.278 e. The fourth-order valence-corrected chi connectivity index (χ4v) is 2.98. The Hall–Kier alpha value is -2.18. The van der Waals surface area contributed by atoms with Gasteiger partial charge in [-0.3, -0.25) is 4.79 Å². The molecule has 0 fully saturated rings. The monoisotopic (exact) mass is 388 g/mol. The molecule has 0 atom stereocenters. The molecule has 0 aliphatic carbocycles. The minimum atomic E-state index is -0.156. The standard InChI is InChI=1S/C17H13BrN2O2S/c1-11-10-13(18)4-7-15(11)20-16(21)12-2-5-14(6-3-12)22-17-19-8-9-23-17/h2-10H,1H3,(H,20,21). The van der Waals surface area contributed by atoms with E-state index in [1.807, 2.05) is 30.5 Å². The Kier molecular flexibility index (Phi) is 4.73. The average molecular weight is 389 g/mol. The molecule has 116 valence electrons. The zero-order chi connectivity index (χ0) is 16.2. The molecule has 0 spiro atoms. The van der Waals surface area contributed by atoms with E-state index < -0.39 is 0 Å². The summed E-state index contributed by atoms with van der Waals surface area (Å²) in [6.45, 7) is 1.95. The van der Waals surface area contributed by atoms with Gasteiger partial charge in [-0.1, -0.05) is 27.3 Å². The van der Waals surface area contributed by atoms with Crippen molar-refractivity contribution in [2.24, 2.45) is 0 Å². The third-order valence-corrected chi connectivity index (χ3v) is 4.31. The van der Waals surface area contributed by atoms with Gasteiger partial charge < -0.3 is 10.1 Å². The van der Waals surface area contributed by atoms with E-state index in [4.69, 9.17) is 4.74 Å². The molecule has 0 unspecified atom stereocenters. The van der Waals surface area contributed by atoms with Gasteiger partial charge in [0, 0.05) is 27.3 Å². The molecule has 1 N–H and O–H groups in total. The summed E-state index contributed by atoms with van der Waals surface area (Å²) >= 11 is 4.83. The first kappa shape index (κ1) is 15.7. The smallest absolute Gasteiger partial charge is 0.278 e. The molecule has 3 rings (SSSR count). The van der Waals surface area contributed by atoms with Crippen LogP contribution in [0.4, 0.5) is 5.69 Å². The number of carbonyl (C=O) groups is 1. The van der Waals surface area contributed by atoms with E-state index in [1.165, 1.54) is 11.3 Å². The van der Waals surface area contributed by atoms with Crippen LogP contribution in [0.1, 0.15) is 15.9 Å². The van der Waals surface area contributed by atoms with Crippen molar-refractivity contribution in [1.29, 1.82) is 0 Å². The summed E-state index contributed by atoms with van der Waals surface area (Å²) < 4.78 is 6.56. The quantitative estimate of drug-likeness (QED) is 0.662. The first-order valence-corrected chi connectivity index (χ1v) is 8.54. The zero-order valence-electron chi connectivity index (χ0n) is 12.2. The fourth-order valence-electron chi connectivity index (χ4n) is 2.00. The highest BCUT2D eigenvalue weighted by atomic mass is 79.9. The number of benzene rings is 2. The number of ether oxygens (including phenoxy) is 1. The number of hydrogen-bond acceptors (Lipinski definition) is 4. The summed E-state index contributed by atoms with van der Waals surface area (Å²) in [4.78, 5) is 16.4. The summed E-state index contributed by atoms with van der Waals surface area (Å²) in [5.74, 6) is 0.493. The van der Waals surface area contributed by atoms with E-state index >= 15 is 0 Å². The summed E-state index contributed by atoms with van der Waals surface area (Å²) in [5.41, 5.74) is 2.36. The van der Waals surface area contributed by atoms with Crippen molar-refractivity contribution >= 4 is 38.9 Å². The first-order chi connectivity index (χ1) is 11.1. The maximum atomic E-state index is 12.3. The van der Waals surface area contributed by atoms with Crippen LogP contribution in [0.3, 0.4) is 0 Å². The molecule has 0 bridgehead atoms. The second-order valence-electron chi connectivity index (χ2n) is 4.84. The number of nitrogens with one attached hydrogen (secondary N) is 1. The molecule has 3 aromatic rings. The van der Waals surface area contributed by atoms with Crippen molar-refractivity contribution in [3.05, 3.63) is 69.6 Å². The molecule has 6 heteroatoms. The van der Waals surface area contributed by atoms with Crippen LogP contribution < -0.4 is 10.1 Å². The van der Waals surface area contributed by atoms with Crippen LogP contribution in [0.25, 0.3) is 0 Å². The molecular formula is C17H13BrN2O2S. The van der Waals surface area contributed by atoms with Gasteiger partial charge in [-0.05, 0) is 55.0 Å². The molecule has 0 saturated carbocycles. The Morgan fingerprint density at radius 1 is 1.22 bits per heavy atom. The van der Waals surface area contributed by atoms with E-state index in [2.05, 4.69) is 26.2 Å². The lowest BCUT2D eigenvalue weighted by atomic mass is 10.1. The predicted molar refractivity (Wildman–Crippen MR) is 95.5 cm³/mol. The van der Waals surface area contributed by atoms with Gasteiger partial charge >= 0.3 is 0 Å². The van der Waals surface area contributed by atoms with E-state index in [9.17, 15) is 4.79 Å². The highest BCUT2D eigenvalue weighted by molar-refractivity contribution is 9.10. The van der Waals surface area contributed by atoms with Crippen LogP contribution >= 0.6 is 27.3 Å². The average Bonchev–Trinajstić information content (AvgIpc) is 3.04. The van der Waals surface area contributed by atoms with E-state index in [-0.39, 0.29) is 5.91 Å². The Bertz CT molecular complexity index is 817. The molecule has 23 heavy (non-hydrogen) atoms. The minimum Gasteiger partial charge on any atom is -0.431 e. The van der Waals surface area contributed by atoms with Crippen molar-refractivity contribution in [2.75, 3.05) is 5.32 Å². The van der Waals surface area contributed by atoms with Crippen molar-refractivity contribution in [3.8, 4) is 10.9 Å². The van der Waals surface area contributed by atoms with Gasteiger partial charge in [0.1, 0.15) is 5.75 Å². The van der Waals surface area contributed by atoms with E-state index in [0.717, 1.165) is 15.7 Å². The second-order valence-corrected chi connectivity index (χ2v) is 6.61. The minimum absolute atomic E-state index is 0.156. The number of aromatic nitrogens is 1. The highest BCUT2D eigenvalue weighted by Gasteiger charge is 2.09. The summed E-state index contributed by atoms with van der Waals surface area (Å²) in [5, 5.41) is 5.33. The number of hydrogen-bond donors (Lipinski definition) is 1. The number of anilines is 1. The Balaban J connectivity index is 1.70. The van der Waals surface area contributed by atoms with Crippen molar-refractivity contribution in [3.63, 3.8) is 0 Å². The van der Waals surface area contributed by atoms with Gasteiger partial charge in [0.05, 0.1) is 0 Å². The summed E-state index contributed by atoms with van der Waals surface area (Å²) in [6, 6.07) is 12.7. The number of halogens is 1. The number of amides is 1. The van der Waals surface area contributed by atoms with Crippen LogP contribution in [-0.4, -0.2) is 10.9 Å². The van der Waals surface area contributed by atoms with Gasteiger partial charge in [0.2, 0.25) is 0 Å². The van der Waals surface area contributed by atoms with Crippen LogP contribution in [0.5, 0.6) is 10.9 Å². The lowest BCUT2D eigenvalue weighted by Crippen LogP contribution is -2.12. The lowest BCUT2D eigenvalue weighted by Gasteiger charge is -2.09. The first-order valence-electron chi connectivity index (χ1n) is 6.87. The molecule has 4 nitrogen and oxygen atoms in total. The van der Waals surface area contributed by atoms with Gasteiger partial charge in [-0.15, -0.1) is 0 Å². The van der Waals surface area contributed by atoms with E-state index in [0.29, 0.717) is 16.5 Å². The van der Waals surface area contributed by atoms with Gasteiger partial charge in [-0.25, -0.2) is 4.98 Å².